The van der Waals surface area contributed by atoms with Crippen LogP contribution in [0.2, 0.25) is 0 Å². The normalized spacial score (nSPS) is 12.8. The number of hydrogen-bond donors (Lipinski definition) is 1. The van der Waals surface area contributed by atoms with Gasteiger partial charge in [-0.1, -0.05) is 39.0 Å². The fourth-order valence-corrected chi connectivity index (χ4v) is 1.52. The molecule has 0 unspecified atom stereocenters. The van der Waals surface area contributed by atoms with Gasteiger partial charge in [-0.2, -0.15) is 13.2 Å². The summed E-state index contributed by atoms with van der Waals surface area (Å²) in [7, 11) is 0. The Morgan fingerprint density at radius 3 is 2.18 bits per heavy atom. The summed E-state index contributed by atoms with van der Waals surface area (Å²) in [5.41, 5.74) is -0.196. The highest BCUT2D eigenvalue weighted by Gasteiger charge is 2.32. The second kappa shape index (κ2) is 5.08. The van der Waals surface area contributed by atoms with Gasteiger partial charge in [0.2, 0.25) is 0 Å². The van der Waals surface area contributed by atoms with Gasteiger partial charge in [0.15, 0.2) is 0 Å². The highest BCUT2D eigenvalue weighted by atomic mass is 19.4. The largest absolute Gasteiger partial charge is 0.416 e. The Kier molecular flexibility index (Phi) is 4.20. The third-order valence-corrected chi connectivity index (χ3v) is 2.29. The van der Waals surface area contributed by atoms with E-state index in [0.29, 0.717) is 12.1 Å². The predicted molar refractivity (Wildman–Crippen MR) is 62.6 cm³/mol. The molecule has 0 fully saturated rings. The van der Waals surface area contributed by atoms with Gasteiger partial charge < -0.3 is 5.32 Å². The van der Waals surface area contributed by atoms with E-state index in [4.69, 9.17) is 0 Å². The van der Waals surface area contributed by atoms with Crippen LogP contribution in [-0.2, 0) is 12.7 Å². The summed E-state index contributed by atoms with van der Waals surface area (Å²) in [4.78, 5) is 0. The number of hydrogen-bond acceptors (Lipinski definition) is 1. The summed E-state index contributed by atoms with van der Waals surface area (Å²) >= 11 is 0. The van der Waals surface area contributed by atoms with E-state index in [1.807, 2.05) is 20.8 Å². The lowest BCUT2D eigenvalue weighted by Gasteiger charge is -2.20. The molecule has 0 saturated carbocycles. The average Bonchev–Trinajstić information content (AvgIpc) is 2.15. The van der Waals surface area contributed by atoms with E-state index >= 15 is 0 Å². The first kappa shape index (κ1) is 14.0. The highest BCUT2D eigenvalue weighted by molar-refractivity contribution is 5.29. The van der Waals surface area contributed by atoms with Crippen LogP contribution in [0, 0.1) is 5.41 Å². The second-order valence-corrected chi connectivity index (χ2v) is 5.32. The topological polar surface area (TPSA) is 12.0 Å². The summed E-state index contributed by atoms with van der Waals surface area (Å²) in [5, 5.41) is 3.05. The molecule has 0 aromatic heterocycles. The van der Waals surface area contributed by atoms with Crippen LogP contribution < -0.4 is 5.32 Å². The molecule has 0 aliphatic rings. The van der Waals surface area contributed by atoms with Crippen LogP contribution in [0.4, 0.5) is 13.2 Å². The quantitative estimate of drug-likeness (QED) is 0.853. The zero-order valence-corrected chi connectivity index (χ0v) is 10.4. The maximum Gasteiger partial charge on any atom is 0.416 e. The van der Waals surface area contributed by atoms with Crippen LogP contribution in [0.3, 0.4) is 0 Å². The van der Waals surface area contributed by atoms with Crippen molar-refractivity contribution >= 4 is 0 Å². The molecule has 1 rings (SSSR count). The first-order valence-corrected chi connectivity index (χ1v) is 5.56. The molecule has 0 spiro atoms. The van der Waals surface area contributed by atoms with Crippen molar-refractivity contribution in [1.29, 1.82) is 0 Å². The number of benzene rings is 1. The van der Waals surface area contributed by atoms with E-state index in [2.05, 4.69) is 5.32 Å². The van der Waals surface area contributed by atoms with Gasteiger partial charge in [-0.05, 0) is 17.0 Å². The molecule has 0 bridgehead atoms. The molecule has 1 nitrogen and oxygen atoms in total. The Labute approximate surface area is 100 Å². The van der Waals surface area contributed by atoms with Crippen LogP contribution in [0.1, 0.15) is 31.9 Å². The van der Waals surface area contributed by atoms with Gasteiger partial charge in [0.05, 0.1) is 5.56 Å². The van der Waals surface area contributed by atoms with Crippen LogP contribution in [-0.4, -0.2) is 6.54 Å². The van der Waals surface area contributed by atoms with Crippen molar-refractivity contribution in [3.05, 3.63) is 35.4 Å². The highest BCUT2D eigenvalue weighted by Crippen LogP contribution is 2.31. The Hall–Kier alpha value is -1.03. The van der Waals surface area contributed by atoms with Crippen molar-refractivity contribution in [2.45, 2.75) is 33.5 Å². The fourth-order valence-electron chi connectivity index (χ4n) is 1.52. The van der Waals surface area contributed by atoms with Gasteiger partial charge in [-0.3, -0.25) is 0 Å². The summed E-state index contributed by atoms with van der Waals surface area (Å²) in [6, 6.07) is 5.67. The molecule has 0 atom stereocenters. The molecule has 0 radical (unpaired) electrons. The molecule has 17 heavy (non-hydrogen) atoms. The SMILES string of the molecule is CC(C)(C)CNCc1ccccc1C(F)(F)F. The maximum atomic E-state index is 12.7. The first-order chi connectivity index (χ1) is 7.70. The van der Waals surface area contributed by atoms with Crippen molar-refractivity contribution < 1.29 is 13.2 Å². The van der Waals surface area contributed by atoms with E-state index in [1.165, 1.54) is 12.1 Å². The fraction of sp³-hybridized carbons (Fsp3) is 0.538. The lowest BCUT2D eigenvalue weighted by atomic mass is 9.97. The van der Waals surface area contributed by atoms with Crippen molar-refractivity contribution in [2.24, 2.45) is 5.41 Å². The van der Waals surface area contributed by atoms with Crippen LogP contribution >= 0.6 is 0 Å². The van der Waals surface area contributed by atoms with Crippen molar-refractivity contribution in [3.63, 3.8) is 0 Å². The molecule has 1 aromatic rings. The molecule has 0 heterocycles. The van der Waals surface area contributed by atoms with Gasteiger partial charge in [-0.25, -0.2) is 0 Å². The minimum absolute atomic E-state index is 0.0627. The van der Waals surface area contributed by atoms with Gasteiger partial charge >= 0.3 is 6.18 Å². The van der Waals surface area contributed by atoms with Gasteiger partial charge in [0.1, 0.15) is 0 Å². The molecule has 1 N–H and O–H groups in total. The van der Waals surface area contributed by atoms with Gasteiger partial charge in [0.25, 0.3) is 0 Å². The van der Waals surface area contributed by atoms with Crippen molar-refractivity contribution in [1.82, 2.24) is 5.32 Å². The standard InChI is InChI=1S/C13H18F3N/c1-12(2,3)9-17-8-10-6-4-5-7-11(10)13(14,15)16/h4-7,17H,8-9H2,1-3H3. The third-order valence-electron chi connectivity index (χ3n) is 2.29. The number of nitrogens with one attached hydrogen (secondary N) is 1. The molecule has 1 aromatic carbocycles. The van der Waals surface area contributed by atoms with Crippen molar-refractivity contribution in [3.8, 4) is 0 Å². The van der Waals surface area contributed by atoms with Crippen LogP contribution in [0.5, 0.6) is 0 Å². The van der Waals surface area contributed by atoms with E-state index in [-0.39, 0.29) is 12.0 Å². The van der Waals surface area contributed by atoms with E-state index < -0.39 is 11.7 Å². The Morgan fingerprint density at radius 2 is 1.65 bits per heavy atom. The molecule has 0 amide bonds. The molecule has 0 aliphatic carbocycles. The van der Waals surface area contributed by atoms with Crippen LogP contribution in [0.25, 0.3) is 0 Å². The zero-order chi connectivity index (χ0) is 13.1. The van der Waals surface area contributed by atoms with E-state index in [1.54, 1.807) is 6.07 Å². The van der Waals surface area contributed by atoms with E-state index in [9.17, 15) is 13.2 Å². The summed E-state index contributed by atoms with van der Waals surface area (Å²) < 4.78 is 38.0. The summed E-state index contributed by atoms with van der Waals surface area (Å²) in [5.74, 6) is 0. The number of halogens is 3. The minimum Gasteiger partial charge on any atom is -0.312 e. The lowest BCUT2D eigenvalue weighted by Crippen LogP contribution is -2.27. The van der Waals surface area contributed by atoms with E-state index in [0.717, 1.165) is 6.07 Å². The van der Waals surface area contributed by atoms with Crippen LogP contribution in [0.15, 0.2) is 24.3 Å². The Morgan fingerprint density at radius 1 is 1.06 bits per heavy atom. The Balaban J connectivity index is 2.72. The second-order valence-electron chi connectivity index (χ2n) is 5.32. The molecular weight excluding hydrogens is 227 g/mol. The molecular formula is C13H18F3N. The Bertz CT molecular complexity index is 364. The summed E-state index contributed by atoms with van der Waals surface area (Å²) in [6.45, 7) is 7.03. The zero-order valence-electron chi connectivity index (χ0n) is 10.4. The summed E-state index contributed by atoms with van der Waals surface area (Å²) in [6.07, 6.45) is -4.28. The monoisotopic (exact) mass is 245 g/mol. The van der Waals surface area contributed by atoms with Gasteiger partial charge in [-0.15, -0.1) is 0 Å². The molecule has 0 saturated heterocycles. The third kappa shape index (κ3) is 4.77. The lowest BCUT2D eigenvalue weighted by molar-refractivity contribution is -0.138. The first-order valence-electron chi connectivity index (χ1n) is 5.56. The molecule has 96 valence electrons. The molecule has 4 heteroatoms. The number of rotatable bonds is 3. The predicted octanol–water partition coefficient (Wildman–Crippen LogP) is 3.84. The molecule has 0 aliphatic heterocycles. The average molecular weight is 245 g/mol. The number of alkyl halides is 3. The maximum absolute atomic E-state index is 12.7. The van der Waals surface area contributed by atoms with Crippen molar-refractivity contribution in [2.75, 3.05) is 6.54 Å². The smallest absolute Gasteiger partial charge is 0.312 e. The van der Waals surface area contributed by atoms with Gasteiger partial charge in [0, 0.05) is 13.1 Å². The minimum atomic E-state index is -4.28.